The van der Waals surface area contributed by atoms with E-state index >= 15 is 0 Å². The molecular weight excluding hydrogens is 463 g/mol. The van der Waals surface area contributed by atoms with E-state index in [-0.39, 0.29) is 30.3 Å². The first-order valence-electron chi connectivity index (χ1n) is 12.8. The smallest absolute Gasteiger partial charge is 0.242 e. The van der Waals surface area contributed by atoms with Gasteiger partial charge in [-0.05, 0) is 43.9 Å². The van der Waals surface area contributed by atoms with Gasteiger partial charge in [-0.25, -0.2) is 14.4 Å². The Morgan fingerprint density at radius 3 is 2.39 bits per heavy atom. The van der Waals surface area contributed by atoms with E-state index in [1.165, 1.54) is 12.1 Å². The molecule has 2 amide bonds. The summed E-state index contributed by atoms with van der Waals surface area (Å²) in [5.74, 6) is 0.333. The topological polar surface area (TPSA) is 93.1 Å². The van der Waals surface area contributed by atoms with Gasteiger partial charge < -0.3 is 24.7 Å². The van der Waals surface area contributed by atoms with Crippen molar-refractivity contribution in [1.29, 1.82) is 0 Å². The molecule has 10 heteroatoms. The molecule has 3 aliphatic rings. The first-order valence-corrected chi connectivity index (χ1v) is 12.8. The predicted octanol–water partition coefficient (Wildman–Crippen LogP) is 1.90. The molecule has 1 aromatic carbocycles. The van der Waals surface area contributed by atoms with Crippen LogP contribution in [0.2, 0.25) is 0 Å². The Balaban J connectivity index is 1.25. The molecule has 0 aliphatic carbocycles. The fourth-order valence-electron chi connectivity index (χ4n) is 5.19. The van der Waals surface area contributed by atoms with E-state index in [0.29, 0.717) is 76.6 Å². The summed E-state index contributed by atoms with van der Waals surface area (Å²) in [5.41, 5.74) is 2.33. The highest BCUT2D eigenvalue weighted by atomic mass is 19.1. The minimum Gasteiger partial charge on any atom is -0.393 e. The van der Waals surface area contributed by atoms with Gasteiger partial charge in [-0.15, -0.1) is 0 Å². The number of nitrogens with zero attached hydrogens (tertiary/aromatic N) is 6. The van der Waals surface area contributed by atoms with Crippen LogP contribution in [0.3, 0.4) is 0 Å². The molecule has 0 spiro atoms. The zero-order valence-corrected chi connectivity index (χ0v) is 20.5. The minimum absolute atomic E-state index is 0.0153. The van der Waals surface area contributed by atoms with Crippen molar-refractivity contribution >= 4 is 23.5 Å². The van der Waals surface area contributed by atoms with Crippen LogP contribution in [0.1, 0.15) is 32.1 Å². The number of anilines is 2. The normalized spacial score (nSPS) is 19.7. The molecule has 36 heavy (non-hydrogen) atoms. The van der Waals surface area contributed by atoms with Crippen LogP contribution >= 0.6 is 0 Å². The zero-order chi connectivity index (χ0) is 25.1. The summed E-state index contributed by atoms with van der Waals surface area (Å²) in [7, 11) is 0. The number of carbonyl (C=O) groups is 2. The number of hydrogen-bond donors (Lipinski definition) is 1. The molecule has 4 heterocycles. The lowest BCUT2D eigenvalue weighted by atomic mass is 10.0. The molecular formula is C26H33FN6O3. The molecule has 3 aliphatic heterocycles. The van der Waals surface area contributed by atoms with Crippen LogP contribution in [0.15, 0.2) is 30.6 Å². The highest BCUT2D eigenvalue weighted by Crippen LogP contribution is 2.32. The predicted molar refractivity (Wildman–Crippen MR) is 134 cm³/mol. The molecule has 5 rings (SSSR count). The fraction of sp³-hybridized carbons (Fsp3) is 0.538. The number of amides is 2. The summed E-state index contributed by atoms with van der Waals surface area (Å²) in [6.07, 6.45) is 6.95. The second kappa shape index (κ2) is 10.8. The fourth-order valence-corrected chi connectivity index (χ4v) is 5.19. The number of aliphatic hydroxyl groups excluding tert-OH is 1. The Bertz CT molecular complexity index is 1080. The minimum atomic E-state index is -0.331. The van der Waals surface area contributed by atoms with Crippen molar-refractivity contribution in [2.75, 3.05) is 62.2 Å². The van der Waals surface area contributed by atoms with E-state index in [2.05, 4.69) is 19.8 Å². The van der Waals surface area contributed by atoms with E-state index in [4.69, 9.17) is 0 Å². The van der Waals surface area contributed by atoms with Crippen LogP contribution in [-0.2, 0) is 9.59 Å². The number of benzene rings is 1. The molecule has 1 N–H and O–H groups in total. The number of piperidine rings is 2. The number of halogens is 1. The maximum atomic E-state index is 14.3. The van der Waals surface area contributed by atoms with Crippen molar-refractivity contribution in [3.8, 4) is 11.1 Å². The molecule has 0 bridgehead atoms. The summed E-state index contributed by atoms with van der Waals surface area (Å²) in [5, 5.41) is 9.73. The maximum absolute atomic E-state index is 14.3. The van der Waals surface area contributed by atoms with Crippen LogP contribution in [-0.4, -0.2) is 95.2 Å². The number of carbonyl (C=O) groups excluding carboxylic acids is 2. The van der Waals surface area contributed by atoms with Crippen molar-refractivity contribution in [2.45, 2.75) is 38.2 Å². The molecule has 1 aromatic heterocycles. The largest absolute Gasteiger partial charge is 0.393 e. The summed E-state index contributed by atoms with van der Waals surface area (Å²) < 4.78 is 14.3. The SMILES string of the molecule is O=C(CN1CCCCC1=O)N1CCN(c2ccc(F)cc2-c2cnc(N3CCC(O)CC3)nc2)CC1. The van der Waals surface area contributed by atoms with Crippen molar-refractivity contribution < 1.29 is 19.1 Å². The van der Waals surface area contributed by atoms with E-state index in [1.54, 1.807) is 23.4 Å². The highest BCUT2D eigenvalue weighted by molar-refractivity contribution is 5.85. The van der Waals surface area contributed by atoms with Crippen LogP contribution < -0.4 is 9.80 Å². The van der Waals surface area contributed by atoms with Gasteiger partial charge in [-0.1, -0.05) is 0 Å². The third kappa shape index (κ3) is 5.43. The highest BCUT2D eigenvalue weighted by Gasteiger charge is 2.27. The second-order valence-electron chi connectivity index (χ2n) is 9.79. The van der Waals surface area contributed by atoms with Gasteiger partial charge in [-0.3, -0.25) is 9.59 Å². The van der Waals surface area contributed by atoms with E-state index in [1.807, 2.05) is 4.90 Å². The number of aromatic nitrogens is 2. The second-order valence-corrected chi connectivity index (χ2v) is 9.79. The van der Waals surface area contributed by atoms with Crippen molar-refractivity contribution in [3.63, 3.8) is 0 Å². The lowest BCUT2D eigenvalue weighted by Crippen LogP contribution is -2.52. The summed E-state index contributed by atoms with van der Waals surface area (Å²) >= 11 is 0. The first kappa shape index (κ1) is 24.4. The Morgan fingerprint density at radius 2 is 1.69 bits per heavy atom. The lowest BCUT2D eigenvalue weighted by molar-refractivity contribution is -0.142. The van der Waals surface area contributed by atoms with E-state index in [9.17, 15) is 19.1 Å². The van der Waals surface area contributed by atoms with Crippen molar-refractivity contribution in [3.05, 3.63) is 36.4 Å². The van der Waals surface area contributed by atoms with Gasteiger partial charge in [0, 0.05) is 81.4 Å². The quantitative estimate of drug-likeness (QED) is 0.676. The van der Waals surface area contributed by atoms with Crippen LogP contribution in [0, 0.1) is 5.82 Å². The van der Waals surface area contributed by atoms with Gasteiger partial charge in [0.05, 0.1) is 12.6 Å². The summed E-state index contributed by atoms with van der Waals surface area (Å²) in [6.45, 7) is 4.56. The van der Waals surface area contributed by atoms with Crippen molar-refractivity contribution in [2.24, 2.45) is 0 Å². The molecule has 0 saturated carbocycles. The molecule has 9 nitrogen and oxygen atoms in total. The Hall–Kier alpha value is -3.27. The van der Waals surface area contributed by atoms with Crippen LogP contribution in [0.25, 0.3) is 11.1 Å². The zero-order valence-electron chi connectivity index (χ0n) is 20.5. The van der Waals surface area contributed by atoms with Gasteiger partial charge in [0.25, 0.3) is 0 Å². The summed E-state index contributed by atoms with van der Waals surface area (Å²) in [6, 6.07) is 4.73. The Morgan fingerprint density at radius 1 is 0.972 bits per heavy atom. The molecule has 2 aromatic rings. The Labute approximate surface area is 210 Å². The van der Waals surface area contributed by atoms with E-state index < -0.39 is 0 Å². The number of hydrogen-bond acceptors (Lipinski definition) is 7. The van der Waals surface area contributed by atoms with Crippen LogP contribution in [0.5, 0.6) is 0 Å². The number of aliphatic hydroxyl groups is 1. The molecule has 192 valence electrons. The Kier molecular flexibility index (Phi) is 7.31. The monoisotopic (exact) mass is 496 g/mol. The third-order valence-corrected chi connectivity index (χ3v) is 7.38. The van der Waals surface area contributed by atoms with Crippen molar-refractivity contribution in [1.82, 2.24) is 19.8 Å². The number of piperazine rings is 1. The molecule has 0 radical (unpaired) electrons. The maximum Gasteiger partial charge on any atom is 0.242 e. The van der Waals surface area contributed by atoms with Gasteiger partial charge >= 0.3 is 0 Å². The van der Waals surface area contributed by atoms with Gasteiger partial charge in [-0.2, -0.15) is 0 Å². The van der Waals surface area contributed by atoms with Crippen LogP contribution in [0.4, 0.5) is 16.0 Å². The van der Waals surface area contributed by atoms with Gasteiger partial charge in [0.15, 0.2) is 0 Å². The number of likely N-dealkylation sites (tertiary alicyclic amines) is 1. The lowest BCUT2D eigenvalue weighted by Gasteiger charge is -2.38. The third-order valence-electron chi connectivity index (χ3n) is 7.38. The first-order chi connectivity index (χ1) is 17.5. The van der Waals surface area contributed by atoms with Gasteiger partial charge in [0.1, 0.15) is 5.82 Å². The average molecular weight is 497 g/mol. The van der Waals surface area contributed by atoms with Gasteiger partial charge in [0.2, 0.25) is 17.8 Å². The molecule has 0 atom stereocenters. The molecule has 0 unspecified atom stereocenters. The molecule has 3 fully saturated rings. The summed E-state index contributed by atoms with van der Waals surface area (Å²) in [4.78, 5) is 41.6. The van der Waals surface area contributed by atoms with E-state index in [0.717, 1.165) is 24.1 Å². The average Bonchev–Trinajstić information content (AvgIpc) is 2.91. The number of rotatable bonds is 5. The standard InChI is InChI=1S/C26H33FN6O3/c27-20-4-5-23(22(15-20)19-16-28-26(29-17-19)32-9-6-21(34)7-10-32)30-11-13-31(14-12-30)25(36)18-33-8-2-1-3-24(33)35/h4-5,15-17,21,34H,1-3,6-14,18H2. The molecule has 3 saturated heterocycles.